The number of hydrogen-bond acceptors (Lipinski definition) is 4. The maximum absolute atomic E-state index is 13.2. The molecule has 2 aromatic rings. The van der Waals surface area contributed by atoms with Gasteiger partial charge in [0.05, 0.1) is 16.8 Å². The van der Waals surface area contributed by atoms with E-state index in [4.69, 9.17) is 4.74 Å². The normalized spacial score (nSPS) is 16.2. The highest BCUT2D eigenvalue weighted by Gasteiger charge is 2.19. The van der Waals surface area contributed by atoms with Crippen LogP contribution in [0.2, 0.25) is 0 Å². The summed E-state index contributed by atoms with van der Waals surface area (Å²) in [5.74, 6) is -1.87. The minimum atomic E-state index is -4.00. The van der Waals surface area contributed by atoms with Gasteiger partial charge >= 0.3 is 0 Å². The molecule has 6 nitrogen and oxygen atoms in total. The lowest BCUT2D eigenvalue weighted by molar-refractivity contribution is 0.0601. The van der Waals surface area contributed by atoms with Gasteiger partial charge in [-0.15, -0.1) is 0 Å². The summed E-state index contributed by atoms with van der Waals surface area (Å²) in [5.41, 5.74) is 0.270. The Morgan fingerprint density at radius 2 is 2.00 bits per heavy atom. The van der Waals surface area contributed by atoms with E-state index in [2.05, 4.69) is 9.82 Å². The number of ether oxygens (including phenoxy) is 1. The second-order valence-electron chi connectivity index (χ2n) is 5.69. The maximum atomic E-state index is 13.2. The molecule has 24 heavy (non-hydrogen) atoms. The third-order valence-electron chi connectivity index (χ3n) is 3.87. The zero-order chi connectivity index (χ0) is 17.2. The number of benzene rings is 1. The quantitative estimate of drug-likeness (QED) is 0.892. The van der Waals surface area contributed by atoms with Crippen LogP contribution >= 0.6 is 0 Å². The predicted molar refractivity (Wildman–Crippen MR) is 82.9 cm³/mol. The number of halogens is 2. The predicted octanol–water partition coefficient (Wildman–Crippen LogP) is 2.39. The van der Waals surface area contributed by atoms with Gasteiger partial charge in [0, 0.05) is 26.0 Å². The van der Waals surface area contributed by atoms with Crippen molar-refractivity contribution in [3.8, 4) is 0 Å². The van der Waals surface area contributed by atoms with Crippen molar-refractivity contribution < 1.29 is 21.9 Å². The fourth-order valence-corrected chi connectivity index (χ4v) is 3.61. The van der Waals surface area contributed by atoms with Gasteiger partial charge in [-0.3, -0.25) is 9.40 Å². The highest BCUT2D eigenvalue weighted by molar-refractivity contribution is 7.92. The van der Waals surface area contributed by atoms with E-state index in [1.807, 2.05) is 0 Å². The molecule has 1 saturated heterocycles. The Labute approximate surface area is 138 Å². The minimum Gasteiger partial charge on any atom is -0.381 e. The van der Waals surface area contributed by atoms with E-state index in [-0.39, 0.29) is 10.6 Å². The van der Waals surface area contributed by atoms with Crippen molar-refractivity contribution in [3.05, 3.63) is 42.2 Å². The van der Waals surface area contributed by atoms with Crippen molar-refractivity contribution in [1.29, 1.82) is 0 Å². The van der Waals surface area contributed by atoms with Crippen LogP contribution in [-0.4, -0.2) is 31.4 Å². The van der Waals surface area contributed by atoms with Gasteiger partial charge in [-0.1, -0.05) is 0 Å². The molecule has 1 aliphatic heterocycles. The molecule has 0 spiro atoms. The van der Waals surface area contributed by atoms with Gasteiger partial charge in [-0.25, -0.2) is 17.2 Å². The van der Waals surface area contributed by atoms with E-state index in [1.165, 1.54) is 6.20 Å². The van der Waals surface area contributed by atoms with Gasteiger partial charge in [0.15, 0.2) is 11.6 Å². The lowest BCUT2D eigenvalue weighted by atomic mass is 10.0. The minimum absolute atomic E-state index is 0.270. The molecule has 0 bridgehead atoms. The number of rotatable bonds is 5. The van der Waals surface area contributed by atoms with Gasteiger partial charge in [-0.2, -0.15) is 5.10 Å². The first-order valence-electron chi connectivity index (χ1n) is 7.52. The first-order valence-corrected chi connectivity index (χ1v) is 9.00. The smallest absolute Gasteiger partial charge is 0.262 e. The Balaban J connectivity index is 1.69. The van der Waals surface area contributed by atoms with Crippen molar-refractivity contribution in [1.82, 2.24) is 9.78 Å². The van der Waals surface area contributed by atoms with Crippen molar-refractivity contribution >= 4 is 15.7 Å². The Morgan fingerprint density at radius 3 is 2.71 bits per heavy atom. The molecule has 1 aromatic carbocycles. The number of nitrogens with zero attached hydrogens (tertiary/aromatic N) is 2. The van der Waals surface area contributed by atoms with Gasteiger partial charge in [-0.05, 0) is 37.0 Å². The average molecular weight is 357 g/mol. The summed E-state index contributed by atoms with van der Waals surface area (Å²) in [6, 6.07) is 2.43. The summed E-state index contributed by atoms with van der Waals surface area (Å²) in [4.78, 5) is -0.349. The second-order valence-corrected chi connectivity index (χ2v) is 7.37. The summed E-state index contributed by atoms with van der Waals surface area (Å²) in [6.45, 7) is 2.12. The Hall–Kier alpha value is -2.00. The van der Waals surface area contributed by atoms with Crippen LogP contribution in [0.25, 0.3) is 0 Å². The Kier molecular flexibility index (Phi) is 4.81. The molecule has 1 fully saturated rings. The Bertz CT molecular complexity index is 817. The van der Waals surface area contributed by atoms with Crippen LogP contribution in [0.5, 0.6) is 0 Å². The first-order chi connectivity index (χ1) is 11.4. The SMILES string of the molecule is O=S(=O)(Nc1cnn(CC2CCOCC2)c1)c1ccc(F)c(F)c1. The molecule has 3 rings (SSSR count). The third-order valence-corrected chi connectivity index (χ3v) is 5.25. The van der Waals surface area contributed by atoms with E-state index in [9.17, 15) is 17.2 Å². The molecule has 130 valence electrons. The third kappa shape index (κ3) is 3.90. The summed E-state index contributed by atoms with van der Waals surface area (Å²) in [5, 5.41) is 4.13. The first kappa shape index (κ1) is 16.8. The fraction of sp³-hybridized carbons (Fsp3) is 0.400. The zero-order valence-corrected chi connectivity index (χ0v) is 13.6. The van der Waals surface area contributed by atoms with Gasteiger partial charge in [0.25, 0.3) is 10.0 Å². The number of nitrogens with one attached hydrogen (secondary N) is 1. The van der Waals surface area contributed by atoms with Crippen LogP contribution < -0.4 is 4.72 Å². The molecule has 0 atom stereocenters. The summed E-state index contributed by atoms with van der Waals surface area (Å²) < 4.78 is 59.8. The average Bonchev–Trinajstić information content (AvgIpc) is 2.97. The van der Waals surface area contributed by atoms with Crippen molar-refractivity contribution in [2.45, 2.75) is 24.3 Å². The van der Waals surface area contributed by atoms with Crippen LogP contribution in [0.1, 0.15) is 12.8 Å². The largest absolute Gasteiger partial charge is 0.381 e. The van der Waals surface area contributed by atoms with Crippen LogP contribution in [0.4, 0.5) is 14.5 Å². The monoisotopic (exact) mass is 357 g/mol. The molecule has 1 aromatic heterocycles. The van der Waals surface area contributed by atoms with E-state index in [1.54, 1.807) is 10.9 Å². The molecule has 0 saturated carbocycles. The molecule has 0 aliphatic carbocycles. The molecule has 9 heteroatoms. The number of anilines is 1. The van der Waals surface area contributed by atoms with E-state index in [0.29, 0.717) is 18.5 Å². The summed E-state index contributed by atoms with van der Waals surface area (Å²) in [6.07, 6.45) is 4.84. The van der Waals surface area contributed by atoms with E-state index >= 15 is 0 Å². The topological polar surface area (TPSA) is 73.2 Å². The molecule has 2 heterocycles. The molecule has 0 amide bonds. The van der Waals surface area contributed by atoms with Crippen molar-refractivity contribution in [3.63, 3.8) is 0 Å². The molecule has 1 aliphatic rings. The number of sulfonamides is 1. The van der Waals surface area contributed by atoms with E-state index in [0.717, 1.165) is 38.2 Å². The van der Waals surface area contributed by atoms with Gasteiger partial charge < -0.3 is 4.74 Å². The molecular formula is C15H17F2N3O3S. The van der Waals surface area contributed by atoms with Gasteiger partial charge in [0.1, 0.15) is 0 Å². The van der Waals surface area contributed by atoms with Crippen molar-refractivity contribution in [2.75, 3.05) is 17.9 Å². The highest BCUT2D eigenvalue weighted by atomic mass is 32.2. The van der Waals surface area contributed by atoms with E-state index < -0.39 is 21.7 Å². The summed E-state index contributed by atoms with van der Waals surface area (Å²) >= 11 is 0. The number of hydrogen-bond donors (Lipinski definition) is 1. The fourth-order valence-electron chi connectivity index (χ4n) is 2.57. The zero-order valence-electron chi connectivity index (χ0n) is 12.8. The Morgan fingerprint density at radius 1 is 1.25 bits per heavy atom. The summed E-state index contributed by atoms with van der Waals surface area (Å²) in [7, 11) is -4.00. The lowest BCUT2D eigenvalue weighted by Crippen LogP contribution is -2.20. The second kappa shape index (κ2) is 6.86. The molecule has 1 N–H and O–H groups in total. The van der Waals surface area contributed by atoms with Crippen LogP contribution in [-0.2, 0) is 21.3 Å². The van der Waals surface area contributed by atoms with Crippen LogP contribution in [0.15, 0.2) is 35.5 Å². The molecule has 0 radical (unpaired) electrons. The highest BCUT2D eigenvalue weighted by Crippen LogP contribution is 2.20. The standard InChI is InChI=1S/C15H17F2N3O3S/c16-14-2-1-13(7-15(14)17)24(21,22)19-12-8-18-20(10-12)9-11-3-5-23-6-4-11/h1-2,7-8,10-11,19H,3-6,9H2. The number of aromatic nitrogens is 2. The van der Waals surface area contributed by atoms with Crippen molar-refractivity contribution in [2.24, 2.45) is 5.92 Å². The van der Waals surface area contributed by atoms with Gasteiger partial charge in [0.2, 0.25) is 0 Å². The lowest BCUT2D eigenvalue weighted by Gasteiger charge is -2.21. The van der Waals surface area contributed by atoms with Crippen LogP contribution in [0.3, 0.4) is 0 Å². The van der Waals surface area contributed by atoms with Crippen LogP contribution in [0, 0.1) is 17.6 Å². The maximum Gasteiger partial charge on any atom is 0.262 e. The molecular weight excluding hydrogens is 340 g/mol. The molecule has 0 unspecified atom stereocenters.